The van der Waals surface area contributed by atoms with E-state index in [2.05, 4.69) is 9.97 Å². The van der Waals surface area contributed by atoms with Gasteiger partial charge < -0.3 is 24.5 Å². The van der Waals surface area contributed by atoms with Crippen molar-refractivity contribution in [1.82, 2.24) is 14.9 Å². The first-order chi connectivity index (χ1) is 11.6. The number of aromatic nitrogens is 2. The summed E-state index contributed by atoms with van der Waals surface area (Å²) in [6, 6.07) is 7.60. The van der Waals surface area contributed by atoms with Gasteiger partial charge in [0.25, 0.3) is 5.91 Å². The number of ether oxygens (including phenoxy) is 2. The molecule has 1 aromatic carbocycles. The Kier molecular flexibility index (Phi) is 4.82. The summed E-state index contributed by atoms with van der Waals surface area (Å²) in [6.07, 6.45) is 2.92. The quantitative estimate of drug-likeness (QED) is 0.873. The molecule has 0 unspecified atom stereocenters. The van der Waals surface area contributed by atoms with Gasteiger partial charge in [0.05, 0.1) is 32.3 Å². The van der Waals surface area contributed by atoms with Crippen LogP contribution in [0.15, 0.2) is 36.8 Å². The van der Waals surface area contributed by atoms with E-state index < -0.39 is 5.60 Å². The van der Waals surface area contributed by atoms with Crippen molar-refractivity contribution >= 4 is 5.91 Å². The highest BCUT2D eigenvalue weighted by atomic mass is 16.5. The van der Waals surface area contributed by atoms with E-state index in [1.54, 1.807) is 4.90 Å². The molecule has 0 saturated carbocycles. The summed E-state index contributed by atoms with van der Waals surface area (Å²) in [7, 11) is 0. The van der Waals surface area contributed by atoms with Crippen molar-refractivity contribution in [2.75, 3.05) is 32.9 Å². The lowest BCUT2D eigenvalue weighted by atomic mass is 10.1. The molecule has 1 saturated heterocycles. The van der Waals surface area contributed by atoms with Crippen molar-refractivity contribution in [3.05, 3.63) is 48.0 Å². The highest BCUT2D eigenvalue weighted by molar-refractivity contribution is 5.92. The number of aryl methyl sites for hydroxylation is 1. The first kappa shape index (κ1) is 16.5. The van der Waals surface area contributed by atoms with Crippen LogP contribution in [0.4, 0.5) is 0 Å². The van der Waals surface area contributed by atoms with Gasteiger partial charge in [-0.1, -0.05) is 18.2 Å². The Morgan fingerprint density at radius 1 is 1.50 bits per heavy atom. The molecule has 0 bridgehead atoms. The second-order valence-corrected chi connectivity index (χ2v) is 6.02. The molecule has 1 fully saturated rings. The maximum atomic E-state index is 12.5. The molecular weight excluding hydrogens is 310 g/mol. The molecule has 7 nitrogen and oxygen atoms in total. The predicted octanol–water partition coefficient (Wildman–Crippen LogP) is 1.00. The smallest absolute Gasteiger partial charge is 0.272 e. The van der Waals surface area contributed by atoms with E-state index in [-0.39, 0.29) is 25.7 Å². The number of aliphatic hydroxyl groups is 1. The number of carbonyl (C=O) groups is 1. The third-order valence-electron chi connectivity index (χ3n) is 3.97. The van der Waals surface area contributed by atoms with Crippen molar-refractivity contribution in [3.8, 4) is 5.75 Å². The average Bonchev–Trinajstić information content (AvgIpc) is 3.04. The topological polar surface area (TPSA) is 87.7 Å². The molecule has 2 heterocycles. The molecule has 3 rings (SSSR count). The second-order valence-electron chi connectivity index (χ2n) is 6.02. The number of benzene rings is 1. The fourth-order valence-corrected chi connectivity index (χ4v) is 2.65. The predicted molar refractivity (Wildman–Crippen MR) is 86.9 cm³/mol. The van der Waals surface area contributed by atoms with E-state index in [0.29, 0.717) is 24.6 Å². The molecule has 0 aliphatic carbocycles. The first-order valence-electron chi connectivity index (χ1n) is 7.84. The molecular formula is C17H21N3O4. The lowest BCUT2D eigenvalue weighted by Crippen LogP contribution is -2.50. The van der Waals surface area contributed by atoms with Gasteiger partial charge >= 0.3 is 0 Å². The SMILES string of the molecule is Cc1ccccc1OC[C@]1(O)COCCN(C(=O)c2cnc[nH]2)C1. The van der Waals surface area contributed by atoms with Gasteiger partial charge in [0.1, 0.15) is 23.7 Å². The molecule has 1 aromatic heterocycles. The van der Waals surface area contributed by atoms with Crippen LogP contribution in [0.25, 0.3) is 0 Å². The number of imidazole rings is 1. The van der Waals surface area contributed by atoms with Crippen LogP contribution >= 0.6 is 0 Å². The van der Waals surface area contributed by atoms with Crippen LogP contribution in [0.2, 0.25) is 0 Å². The van der Waals surface area contributed by atoms with Gasteiger partial charge in [-0.05, 0) is 18.6 Å². The number of rotatable bonds is 4. The monoisotopic (exact) mass is 331 g/mol. The molecule has 2 aromatic rings. The molecule has 128 valence electrons. The number of amides is 1. The summed E-state index contributed by atoms with van der Waals surface area (Å²) in [5, 5.41) is 10.9. The van der Waals surface area contributed by atoms with Crippen molar-refractivity contribution in [3.63, 3.8) is 0 Å². The Balaban J connectivity index is 1.69. The van der Waals surface area contributed by atoms with Crippen molar-refractivity contribution < 1.29 is 19.4 Å². The van der Waals surface area contributed by atoms with Gasteiger partial charge in [-0.3, -0.25) is 4.79 Å². The number of hydrogen-bond acceptors (Lipinski definition) is 5. The third-order valence-corrected chi connectivity index (χ3v) is 3.97. The number of para-hydroxylation sites is 1. The van der Waals surface area contributed by atoms with Crippen LogP contribution in [0.3, 0.4) is 0 Å². The molecule has 2 N–H and O–H groups in total. The van der Waals surface area contributed by atoms with Gasteiger partial charge in [-0.25, -0.2) is 4.98 Å². The zero-order valence-corrected chi connectivity index (χ0v) is 13.6. The minimum atomic E-state index is -1.27. The molecule has 1 atom stereocenters. The zero-order valence-electron chi connectivity index (χ0n) is 13.6. The number of H-pyrrole nitrogens is 1. The average molecular weight is 331 g/mol. The van der Waals surface area contributed by atoms with Gasteiger partial charge in [-0.15, -0.1) is 0 Å². The Labute approximate surface area is 140 Å². The summed E-state index contributed by atoms with van der Waals surface area (Å²) in [5.74, 6) is 0.494. The van der Waals surface area contributed by atoms with Crippen LogP contribution in [0, 0.1) is 6.92 Å². The number of β-amino-alcohol motifs (C(OH)–C–C–N with tert-alkyl or cyclic N) is 1. The summed E-state index contributed by atoms with van der Waals surface area (Å²) in [5.41, 5.74) is 0.106. The third kappa shape index (κ3) is 3.74. The van der Waals surface area contributed by atoms with E-state index in [0.717, 1.165) is 5.56 Å². The maximum absolute atomic E-state index is 12.5. The lowest BCUT2D eigenvalue weighted by Gasteiger charge is -2.30. The van der Waals surface area contributed by atoms with E-state index >= 15 is 0 Å². The maximum Gasteiger partial charge on any atom is 0.272 e. The number of carbonyl (C=O) groups excluding carboxylic acids is 1. The summed E-state index contributed by atoms with van der Waals surface area (Å²) < 4.78 is 11.2. The molecule has 1 aliphatic heterocycles. The largest absolute Gasteiger partial charge is 0.490 e. The minimum Gasteiger partial charge on any atom is -0.490 e. The molecule has 7 heteroatoms. The summed E-state index contributed by atoms with van der Waals surface area (Å²) in [4.78, 5) is 20.7. The standard InChI is InChI=1S/C17H21N3O4/c1-13-4-2-3-5-15(13)24-11-17(22)9-20(6-7-23-10-17)16(21)14-8-18-12-19-14/h2-5,8,12,22H,6-7,9-11H2,1H3,(H,18,19)/t17-/m1/s1. The van der Waals surface area contributed by atoms with Gasteiger partial charge in [0.2, 0.25) is 0 Å². The normalized spacial score (nSPS) is 21.3. The molecule has 1 amide bonds. The Hall–Kier alpha value is -2.38. The van der Waals surface area contributed by atoms with Gasteiger partial charge in [-0.2, -0.15) is 0 Å². The Bertz CT molecular complexity index is 689. The number of nitrogens with zero attached hydrogens (tertiary/aromatic N) is 2. The van der Waals surface area contributed by atoms with Crippen molar-refractivity contribution in [2.45, 2.75) is 12.5 Å². The van der Waals surface area contributed by atoms with Crippen LogP contribution in [-0.2, 0) is 4.74 Å². The van der Waals surface area contributed by atoms with Gasteiger partial charge in [0.15, 0.2) is 0 Å². The van der Waals surface area contributed by atoms with E-state index in [4.69, 9.17) is 9.47 Å². The number of aromatic amines is 1. The first-order valence-corrected chi connectivity index (χ1v) is 7.84. The summed E-state index contributed by atoms with van der Waals surface area (Å²) >= 11 is 0. The molecule has 1 aliphatic rings. The van der Waals surface area contributed by atoms with Crippen molar-refractivity contribution in [2.24, 2.45) is 0 Å². The van der Waals surface area contributed by atoms with Crippen LogP contribution in [0.5, 0.6) is 5.75 Å². The van der Waals surface area contributed by atoms with Gasteiger partial charge in [0, 0.05) is 6.54 Å². The fraction of sp³-hybridized carbons (Fsp3) is 0.412. The van der Waals surface area contributed by atoms with E-state index in [9.17, 15) is 9.90 Å². The highest BCUT2D eigenvalue weighted by Crippen LogP contribution is 2.20. The van der Waals surface area contributed by atoms with Crippen molar-refractivity contribution in [1.29, 1.82) is 0 Å². The van der Waals surface area contributed by atoms with E-state index in [1.165, 1.54) is 12.5 Å². The second kappa shape index (κ2) is 7.02. The zero-order chi connectivity index (χ0) is 17.0. The Morgan fingerprint density at radius 3 is 3.08 bits per heavy atom. The van der Waals surface area contributed by atoms with Crippen LogP contribution in [-0.4, -0.2) is 64.4 Å². The van der Waals surface area contributed by atoms with Crippen LogP contribution in [0.1, 0.15) is 16.1 Å². The number of nitrogens with one attached hydrogen (secondary N) is 1. The highest BCUT2D eigenvalue weighted by Gasteiger charge is 2.36. The van der Waals surface area contributed by atoms with E-state index in [1.807, 2.05) is 31.2 Å². The molecule has 24 heavy (non-hydrogen) atoms. The Morgan fingerprint density at radius 2 is 2.33 bits per heavy atom. The molecule has 0 spiro atoms. The summed E-state index contributed by atoms with van der Waals surface area (Å²) in [6.45, 7) is 3.01. The molecule has 0 radical (unpaired) electrons. The van der Waals surface area contributed by atoms with Crippen LogP contribution < -0.4 is 4.74 Å². The lowest BCUT2D eigenvalue weighted by molar-refractivity contribution is -0.0622. The fourth-order valence-electron chi connectivity index (χ4n) is 2.65. The minimum absolute atomic E-state index is 0.0462. The number of hydrogen-bond donors (Lipinski definition) is 2.